The average Bonchev–Trinajstić information content (AvgIpc) is 2.60. The number of unbranched alkanes of at least 4 members (excludes halogenated alkanes) is 1. The van der Waals surface area contributed by atoms with Crippen molar-refractivity contribution in [3.63, 3.8) is 0 Å². The summed E-state index contributed by atoms with van der Waals surface area (Å²) >= 11 is 0. The molecule has 0 bridgehead atoms. The van der Waals surface area contributed by atoms with Crippen molar-refractivity contribution in [2.24, 2.45) is 0 Å². The van der Waals surface area contributed by atoms with Crippen molar-refractivity contribution in [2.45, 2.75) is 25.8 Å². The highest BCUT2D eigenvalue weighted by atomic mass is 16.2. The SMILES string of the molecule is CCCCN1C(=O)c2ccccc2C1C#N. The second-order valence-corrected chi connectivity index (χ2v) is 3.97. The fourth-order valence-electron chi connectivity index (χ4n) is 2.07. The topological polar surface area (TPSA) is 44.1 Å². The summed E-state index contributed by atoms with van der Waals surface area (Å²) in [7, 11) is 0. The number of hydrogen-bond acceptors (Lipinski definition) is 2. The lowest BCUT2D eigenvalue weighted by atomic mass is 10.1. The zero-order valence-corrected chi connectivity index (χ0v) is 9.31. The van der Waals surface area contributed by atoms with Gasteiger partial charge in [-0.25, -0.2) is 0 Å². The first kappa shape index (κ1) is 10.7. The molecule has 82 valence electrons. The molecule has 1 aliphatic rings. The van der Waals surface area contributed by atoms with Gasteiger partial charge in [0.1, 0.15) is 6.04 Å². The van der Waals surface area contributed by atoms with Crippen molar-refractivity contribution in [3.05, 3.63) is 35.4 Å². The summed E-state index contributed by atoms with van der Waals surface area (Å²) in [5.41, 5.74) is 1.54. The number of nitrogens with zero attached hydrogens (tertiary/aromatic N) is 2. The largest absolute Gasteiger partial charge is 0.319 e. The lowest BCUT2D eigenvalue weighted by Gasteiger charge is -2.19. The second-order valence-electron chi connectivity index (χ2n) is 3.97. The molecule has 1 aromatic carbocycles. The lowest BCUT2D eigenvalue weighted by Crippen LogP contribution is -2.28. The fraction of sp³-hybridized carbons (Fsp3) is 0.385. The molecular weight excluding hydrogens is 200 g/mol. The fourth-order valence-corrected chi connectivity index (χ4v) is 2.07. The van der Waals surface area contributed by atoms with Crippen LogP contribution in [0.2, 0.25) is 0 Å². The predicted molar refractivity (Wildman–Crippen MR) is 60.7 cm³/mol. The first-order valence-electron chi connectivity index (χ1n) is 5.59. The Labute approximate surface area is 95.3 Å². The van der Waals surface area contributed by atoms with Crippen LogP contribution in [0, 0.1) is 11.3 Å². The smallest absolute Gasteiger partial charge is 0.255 e. The maximum atomic E-state index is 12.0. The molecule has 0 N–H and O–H groups in total. The standard InChI is InChI=1S/C13H14N2O/c1-2-3-8-15-12(9-14)10-6-4-5-7-11(10)13(15)16/h4-7,12H,2-3,8H2,1H3. The molecule has 1 unspecified atom stereocenters. The number of rotatable bonds is 3. The summed E-state index contributed by atoms with van der Waals surface area (Å²) in [6.07, 6.45) is 1.97. The summed E-state index contributed by atoms with van der Waals surface area (Å²) in [6, 6.07) is 9.21. The van der Waals surface area contributed by atoms with E-state index in [-0.39, 0.29) is 5.91 Å². The van der Waals surface area contributed by atoms with Gasteiger partial charge in [-0.3, -0.25) is 4.79 Å². The third kappa shape index (κ3) is 1.57. The summed E-state index contributed by atoms with van der Waals surface area (Å²) in [4.78, 5) is 13.7. The van der Waals surface area contributed by atoms with Crippen molar-refractivity contribution in [1.29, 1.82) is 5.26 Å². The van der Waals surface area contributed by atoms with Gasteiger partial charge in [0.05, 0.1) is 6.07 Å². The molecule has 0 fully saturated rings. The van der Waals surface area contributed by atoms with E-state index in [1.54, 1.807) is 11.0 Å². The number of carbonyl (C=O) groups is 1. The van der Waals surface area contributed by atoms with Crippen LogP contribution in [0.4, 0.5) is 0 Å². The Kier molecular flexibility index (Phi) is 2.91. The average molecular weight is 214 g/mol. The van der Waals surface area contributed by atoms with Gasteiger partial charge in [0.15, 0.2) is 0 Å². The van der Waals surface area contributed by atoms with Crippen LogP contribution >= 0.6 is 0 Å². The first-order chi connectivity index (χ1) is 7.79. The summed E-state index contributed by atoms with van der Waals surface area (Å²) < 4.78 is 0. The molecule has 1 atom stereocenters. The molecule has 2 rings (SSSR count). The van der Waals surface area contributed by atoms with Crippen LogP contribution in [0.5, 0.6) is 0 Å². The number of nitriles is 1. The Hall–Kier alpha value is -1.82. The molecule has 1 amide bonds. The molecule has 0 saturated heterocycles. The van der Waals surface area contributed by atoms with Crippen LogP contribution in [-0.4, -0.2) is 17.4 Å². The minimum Gasteiger partial charge on any atom is -0.319 e. The molecule has 0 aromatic heterocycles. The predicted octanol–water partition coefficient (Wildman–Crippen LogP) is 2.51. The van der Waals surface area contributed by atoms with Crippen LogP contribution in [0.15, 0.2) is 24.3 Å². The minimum absolute atomic E-state index is 0.00407. The van der Waals surface area contributed by atoms with Gasteiger partial charge < -0.3 is 4.90 Å². The highest BCUT2D eigenvalue weighted by molar-refractivity contribution is 5.99. The molecule has 1 aromatic rings. The molecule has 16 heavy (non-hydrogen) atoms. The first-order valence-corrected chi connectivity index (χ1v) is 5.59. The summed E-state index contributed by atoms with van der Waals surface area (Å²) in [6.45, 7) is 2.75. The quantitative estimate of drug-likeness (QED) is 0.776. The normalized spacial score (nSPS) is 18.4. The third-order valence-electron chi connectivity index (χ3n) is 2.93. The van der Waals surface area contributed by atoms with Crippen molar-refractivity contribution in [2.75, 3.05) is 6.54 Å². The van der Waals surface area contributed by atoms with Gasteiger partial charge in [-0.15, -0.1) is 0 Å². The maximum Gasteiger partial charge on any atom is 0.255 e. The van der Waals surface area contributed by atoms with E-state index < -0.39 is 6.04 Å². The number of hydrogen-bond donors (Lipinski definition) is 0. The Morgan fingerprint density at radius 2 is 2.19 bits per heavy atom. The molecule has 3 nitrogen and oxygen atoms in total. The second kappa shape index (κ2) is 4.36. The van der Waals surface area contributed by atoms with Gasteiger partial charge >= 0.3 is 0 Å². The molecule has 0 saturated carbocycles. The van der Waals surface area contributed by atoms with Crippen LogP contribution in [0.25, 0.3) is 0 Å². The van der Waals surface area contributed by atoms with Crippen molar-refractivity contribution < 1.29 is 4.79 Å². The molecule has 1 heterocycles. The minimum atomic E-state index is -0.393. The van der Waals surface area contributed by atoms with Crippen molar-refractivity contribution in [3.8, 4) is 6.07 Å². The van der Waals surface area contributed by atoms with Crippen molar-refractivity contribution in [1.82, 2.24) is 4.90 Å². The van der Waals surface area contributed by atoms with Gasteiger partial charge in [-0.1, -0.05) is 31.5 Å². The van der Waals surface area contributed by atoms with E-state index in [0.29, 0.717) is 12.1 Å². The molecule has 0 aliphatic carbocycles. The van der Waals surface area contributed by atoms with Crippen LogP contribution < -0.4 is 0 Å². The zero-order chi connectivity index (χ0) is 11.5. The van der Waals surface area contributed by atoms with Gasteiger partial charge in [0.2, 0.25) is 0 Å². The number of fused-ring (bicyclic) bond motifs is 1. The lowest BCUT2D eigenvalue weighted by molar-refractivity contribution is 0.0755. The van der Waals surface area contributed by atoms with Crippen LogP contribution in [-0.2, 0) is 0 Å². The Morgan fingerprint density at radius 3 is 2.88 bits per heavy atom. The van der Waals surface area contributed by atoms with Crippen LogP contribution in [0.1, 0.15) is 41.7 Å². The van der Waals surface area contributed by atoms with Gasteiger partial charge in [0, 0.05) is 17.7 Å². The van der Waals surface area contributed by atoms with E-state index in [1.165, 1.54) is 0 Å². The van der Waals surface area contributed by atoms with Crippen LogP contribution in [0.3, 0.4) is 0 Å². The van der Waals surface area contributed by atoms with Gasteiger partial charge in [-0.05, 0) is 12.5 Å². The number of amides is 1. The molecule has 3 heteroatoms. The molecule has 0 radical (unpaired) electrons. The monoisotopic (exact) mass is 214 g/mol. The van der Waals surface area contributed by atoms with E-state index in [2.05, 4.69) is 13.0 Å². The van der Waals surface area contributed by atoms with E-state index in [0.717, 1.165) is 18.4 Å². The highest BCUT2D eigenvalue weighted by Crippen LogP contribution is 2.32. The Bertz CT molecular complexity index is 447. The molecule has 0 spiro atoms. The number of carbonyl (C=O) groups excluding carboxylic acids is 1. The zero-order valence-electron chi connectivity index (χ0n) is 9.31. The van der Waals surface area contributed by atoms with E-state index >= 15 is 0 Å². The summed E-state index contributed by atoms with van der Waals surface area (Å²) in [5.74, 6) is -0.00407. The van der Waals surface area contributed by atoms with Gasteiger partial charge in [-0.2, -0.15) is 5.26 Å². The summed E-state index contributed by atoms with van der Waals surface area (Å²) in [5, 5.41) is 9.16. The van der Waals surface area contributed by atoms with E-state index in [4.69, 9.17) is 5.26 Å². The van der Waals surface area contributed by atoms with Crippen molar-refractivity contribution >= 4 is 5.91 Å². The van der Waals surface area contributed by atoms with E-state index in [1.807, 2.05) is 18.2 Å². The number of benzene rings is 1. The van der Waals surface area contributed by atoms with E-state index in [9.17, 15) is 4.79 Å². The molecular formula is C13H14N2O. The highest BCUT2D eigenvalue weighted by Gasteiger charge is 2.35. The molecule has 1 aliphatic heterocycles. The van der Waals surface area contributed by atoms with Gasteiger partial charge in [0.25, 0.3) is 5.91 Å². The third-order valence-corrected chi connectivity index (χ3v) is 2.93. The Balaban J connectivity index is 2.33. The maximum absolute atomic E-state index is 12.0. The Morgan fingerprint density at radius 1 is 1.44 bits per heavy atom.